The molecule has 1 fully saturated rings. The Balaban J connectivity index is 1.51. The Morgan fingerprint density at radius 1 is 1.00 bits per heavy atom. The molecule has 0 radical (unpaired) electrons. The second-order valence-corrected chi connectivity index (χ2v) is 7.69. The lowest BCUT2D eigenvalue weighted by Gasteiger charge is -2.31. The third-order valence-corrected chi connectivity index (χ3v) is 5.40. The molecule has 1 aliphatic heterocycles. The number of Topliss-reactive ketones (excluding diaryl/α,β-unsaturated/α-hetero) is 1. The van der Waals surface area contributed by atoms with E-state index in [1.54, 1.807) is 0 Å². The third kappa shape index (κ3) is 5.15. The van der Waals surface area contributed by atoms with E-state index in [1.165, 1.54) is 23.1 Å². The molecule has 0 unspecified atom stereocenters. The molecule has 1 amide bonds. The van der Waals surface area contributed by atoms with E-state index in [-0.39, 0.29) is 29.2 Å². The molecule has 2 aromatic rings. The van der Waals surface area contributed by atoms with Crippen LogP contribution in [0.1, 0.15) is 33.6 Å². The zero-order chi connectivity index (χ0) is 21.8. The highest BCUT2D eigenvalue weighted by Crippen LogP contribution is 2.23. The van der Waals surface area contributed by atoms with Gasteiger partial charge >= 0.3 is 5.97 Å². The molecule has 3 rings (SSSR count). The number of ether oxygens (including phenoxy) is 1. The second-order valence-electron chi connectivity index (χ2n) is 6.85. The minimum Gasteiger partial charge on any atom is -0.457 e. The normalized spacial score (nSPS) is 14.5. The molecule has 9 heteroatoms. The summed E-state index contributed by atoms with van der Waals surface area (Å²) in [5.41, 5.74) is -0.0153. The molecule has 30 heavy (non-hydrogen) atoms. The van der Waals surface area contributed by atoms with Crippen LogP contribution in [0.5, 0.6) is 0 Å². The Labute approximate surface area is 181 Å². The van der Waals surface area contributed by atoms with Crippen LogP contribution in [0.2, 0.25) is 10.0 Å². The van der Waals surface area contributed by atoms with Gasteiger partial charge in [-0.1, -0.05) is 23.2 Å². The van der Waals surface area contributed by atoms with Crippen LogP contribution in [0, 0.1) is 17.6 Å². The van der Waals surface area contributed by atoms with Gasteiger partial charge in [-0.15, -0.1) is 0 Å². The Hall–Kier alpha value is -2.51. The van der Waals surface area contributed by atoms with Crippen LogP contribution in [0.15, 0.2) is 36.4 Å². The van der Waals surface area contributed by atoms with Gasteiger partial charge in [0.25, 0.3) is 5.91 Å². The summed E-state index contributed by atoms with van der Waals surface area (Å²) < 4.78 is 31.9. The van der Waals surface area contributed by atoms with Crippen LogP contribution in [0.4, 0.5) is 8.78 Å². The molecular weight excluding hydrogens is 439 g/mol. The quantitative estimate of drug-likeness (QED) is 0.489. The highest BCUT2D eigenvalue weighted by molar-refractivity contribution is 6.36. The number of amides is 1. The van der Waals surface area contributed by atoms with Crippen molar-refractivity contribution in [3.63, 3.8) is 0 Å². The van der Waals surface area contributed by atoms with Crippen molar-refractivity contribution in [1.29, 1.82) is 0 Å². The number of esters is 1. The number of likely N-dealkylation sites (tertiary alicyclic amines) is 1. The highest BCUT2D eigenvalue weighted by atomic mass is 35.5. The van der Waals surface area contributed by atoms with Crippen molar-refractivity contribution in [3.8, 4) is 0 Å². The summed E-state index contributed by atoms with van der Waals surface area (Å²) in [7, 11) is 0. The maximum Gasteiger partial charge on any atom is 0.309 e. The summed E-state index contributed by atoms with van der Waals surface area (Å²) in [6.07, 6.45) is 0.618. The monoisotopic (exact) mass is 455 g/mol. The number of carbonyl (C=O) groups is 3. The molecule has 0 spiro atoms. The van der Waals surface area contributed by atoms with Gasteiger partial charge in [-0.05, 0) is 43.2 Å². The van der Waals surface area contributed by atoms with Gasteiger partial charge in [-0.25, -0.2) is 8.78 Å². The van der Waals surface area contributed by atoms with E-state index in [2.05, 4.69) is 0 Å². The SMILES string of the molecule is O=C(COC(=O)C1CCN(C(=O)c2ccc(F)cc2F)CC1)c1ccc(Cl)cc1Cl. The molecule has 0 atom stereocenters. The fourth-order valence-corrected chi connectivity index (χ4v) is 3.71. The van der Waals surface area contributed by atoms with Crippen molar-refractivity contribution in [2.45, 2.75) is 12.8 Å². The summed E-state index contributed by atoms with van der Waals surface area (Å²) in [4.78, 5) is 38.3. The molecular formula is C21H17Cl2F2NO4. The Kier molecular flexibility index (Phi) is 7.05. The van der Waals surface area contributed by atoms with Crippen molar-refractivity contribution >= 4 is 40.9 Å². The predicted octanol–water partition coefficient (Wildman–Crippen LogP) is 4.55. The summed E-state index contributed by atoms with van der Waals surface area (Å²) >= 11 is 11.8. The van der Waals surface area contributed by atoms with Crippen LogP contribution in [-0.4, -0.2) is 42.3 Å². The number of ketones is 1. The van der Waals surface area contributed by atoms with Crippen molar-refractivity contribution in [1.82, 2.24) is 4.90 Å². The standard InChI is InChI=1S/C21H17Cl2F2NO4/c22-13-1-3-15(17(23)9-13)19(27)11-30-21(29)12-5-7-26(8-6-12)20(28)16-4-2-14(24)10-18(16)25/h1-4,9-10,12H,5-8,11H2. The zero-order valence-electron chi connectivity index (χ0n) is 15.7. The van der Waals surface area contributed by atoms with Gasteiger partial charge in [0.05, 0.1) is 16.5 Å². The molecule has 5 nitrogen and oxygen atoms in total. The van der Waals surface area contributed by atoms with Gasteiger partial charge in [0.2, 0.25) is 5.78 Å². The van der Waals surface area contributed by atoms with Gasteiger partial charge in [0, 0.05) is 29.7 Å². The van der Waals surface area contributed by atoms with Crippen molar-refractivity contribution in [3.05, 3.63) is 69.2 Å². The molecule has 1 saturated heterocycles. The van der Waals surface area contributed by atoms with Crippen LogP contribution >= 0.6 is 23.2 Å². The van der Waals surface area contributed by atoms with E-state index in [9.17, 15) is 23.2 Å². The average Bonchev–Trinajstić information content (AvgIpc) is 2.71. The van der Waals surface area contributed by atoms with Crippen molar-refractivity contribution in [2.75, 3.05) is 19.7 Å². The molecule has 0 aromatic heterocycles. The summed E-state index contributed by atoms with van der Waals surface area (Å²) in [5, 5.41) is 0.554. The first-order valence-electron chi connectivity index (χ1n) is 9.15. The molecule has 158 valence electrons. The highest BCUT2D eigenvalue weighted by Gasteiger charge is 2.30. The molecule has 1 heterocycles. The van der Waals surface area contributed by atoms with Crippen LogP contribution in [0.25, 0.3) is 0 Å². The van der Waals surface area contributed by atoms with Gasteiger partial charge < -0.3 is 9.64 Å². The average molecular weight is 456 g/mol. The smallest absolute Gasteiger partial charge is 0.309 e. The number of nitrogens with zero attached hydrogens (tertiary/aromatic N) is 1. The maximum absolute atomic E-state index is 13.8. The van der Waals surface area contributed by atoms with E-state index in [1.807, 2.05) is 0 Å². The first kappa shape index (κ1) is 22.2. The summed E-state index contributed by atoms with van der Waals surface area (Å²) in [6, 6.07) is 7.17. The molecule has 0 bridgehead atoms. The number of piperidine rings is 1. The lowest BCUT2D eigenvalue weighted by Crippen LogP contribution is -2.41. The number of carbonyl (C=O) groups excluding carboxylic acids is 3. The minimum absolute atomic E-state index is 0.170. The van der Waals surface area contributed by atoms with Crippen LogP contribution in [-0.2, 0) is 9.53 Å². The fraction of sp³-hybridized carbons (Fsp3) is 0.286. The van der Waals surface area contributed by atoms with Crippen LogP contribution < -0.4 is 0 Å². The predicted molar refractivity (Wildman–Crippen MR) is 107 cm³/mol. The molecule has 1 aliphatic rings. The number of hydrogen-bond donors (Lipinski definition) is 0. The van der Waals surface area contributed by atoms with E-state index < -0.39 is 41.8 Å². The van der Waals surface area contributed by atoms with Gasteiger partial charge in [0.1, 0.15) is 11.6 Å². The Bertz CT molecular complexity index is 991. The summed E-state index contributed by atoms with van der Waals surface area (Å²) in [6.45, 7) is -0.0289. The topological polar surface area (TPSA) is 63.7 Å². The van der Waals surface area contributed by atoms with E-state index >= 15 is 0 Å². The summed E-state index contributed by atoms with van der Waals surface area (Å²) in [5.74, 6) is -3.74. The number of halogens is 4. The number of benzene rings is 2. The first-order valence-corrected chi connectivity index (χ1v) is 9.91. The third-order valence-electron chi connectivity index (χ3n) is 4.85. The van der Waals surface area contributed by atoms with Gasteiger partial charge in [0.15, 0.2) is 6.61 Å². The lowest BCUT2D eigenvalue weighted by molar-refractivity contribution is -0.148. The van der Waals surface area contributed by atoms with Crippen LogP contribution in [0.3, 0.4) is 0 Å². The zero-order valence-corrected chi connectivity index (χ0v) is 17.2. The van der Waals surface area contributed by atoms with E-state index in [0.29, 0.717) is 23.9 Å². The lowest BCUT2D eigenvalue weighted by atomic mass is 9.96. The van der Waals surface area contributed by atoms with Crippen molar-refractivity contribution < 1.29 is 27.9 Å². The van der Waals surface area contributed by atoms with E-state index in [4.69, 9.17) is 27.9 Å². The van der Waals surface area contributed by atoms with E-state index in [0.717, 1.165) is 12.1 Å². The largest absolute Gasteiger partial charge is 0.457 e. The number of hydrogen-bond acceptors (Lipinski definition) is 4. The minimum atomic E-state index is -0.930. The Morgan fingerprint density at radius 2 is 1.67 bits per heavy atom. The molecule has 0 saturated carbocycles. The van der Waals surface area contributed by atoms with Gasteiger partial charge in [-0.3, -0.25) is 14.4 Å². The molecule has 2 aromatic carbocycles. The number of rotatable bonds is 5. The second kappa shape index (κ2) is 9.53. The van der Waals surface area contributed by atoms with Crippen molar-refractivity contribution in [2.24, 2.45) is 5.92 Å². The molecule has 0 N–H and O–H groups in total. The first-order chi connectivity index (χ1) is 14.3. The molecule has 0 aliphatic carbocycles. The van der Waals surface area contributed by atoms with Gasteiger partial charge in [-0.2, -0.15) is 0 Å². The Morgan fingerprint density at radius 3 is 2.30 bits per heavy atom. The fourth-order valence-electron chi connectivity index (χ4n) is 3.20. The maximum atomic E-state index is 13.8.